The first-order valence-corrected chi connectivity index (χ1v) is 7.46. The zero-order valence-corrected chi connectivity index (χ0v) is 12.0. The molecule has 1 heterocycles. The maximum absolute atomic E-state index is 12.4. The quantitative estimate of drug-likeness (QED) is 0.797. The molecule has 1 aliphatic carbocycles. The Hall–Kier alpha value is -0.650. The van der Waals surface area contributed by atoms with Crippen molar-refractivity contribution in [1.29, 1.82) is 0 Å². The van der Waals surface area contributed by atoms with Gasteiger partial charge in [-0.3, -0.25) is 9.69 Å². The molecule has 0 radical (unpaired) electrons. The third kappa shape index (κ3) is 4.16. The molecule has 5 nitrogen and oxygen atoms in total. The van der Waals surface area contributed by atoms with Crippen molar-refractivity contribution in [2.75, 3.05) is 46.4 Å². The number of hydrogen-bond donors (Lipinski definition) is 1. The average Bonchev–Trinajstić information content (AvgIpc) is 2.46. The van der Waals surface area contributed by atoms with Gasteiger partial charge in [-0.1, -0.05) is 0 Å². The van der Waals surface area contributed by atoms with Gasteiger partial charge in [0.15, 0.2) is 0 Å². The van der Waals surface area contributed by atoms with Gasteiger partial charge in [0.25, 0.3) is 0 Å². The van der Waals surface area contributed by atoms with Crippen molar-refractivity contribution in [2.45, 2.75) is 31.7 Å². The van der Waals surface area contributed by atoms with Gasteiger partial charge in [0.1, 0.15) is 0 Å². The van der Waals surface area contributed by atoms with Gasteiger partial charge in [0.05, 0.1) is 6.61 Å². The first-order chi connectivity index (χ1) is 9.20. The van der Waals surface area contributed by atoms with E-state index < -0.39 is 0 Å². The lowest BCUT2D eigenvalue weighted by molar-refractivity contribution is -0.138. The fourth-order valence-corrected chi connectivity index (χ4v) is 3.04. The second-order valence-electron chi connectivity index (χ2n) is 5.77. The summed E-state index contributed by atoms with van der Waals surface area (Å²) in [6.07, 6.45) is 3.96. The number of piperazine rings is 1. The van der Waals surface area contributed by atoms with Crippen LogP contribution in [0.2, 0.25) is 0 Å². The maximum Gasteiger partial charge on any atom is 0.225 e. The molecule has 1 saturated carbocycles. The van der Waals surface area contributed by atoms with E-state index in [0.717, 1.165) is 65.0 Å². The van der Waals surface area contributed by atoms with E-state index in [4.69, 9.17) is 10.5 Å². The van der Waals surface area contributed by atoms with Crippen LogP contribution in [0.25, 0.3) is 0 Å². The Bertz CT molecular complexity index is 282. The highest BCUT2D eigenvalue weighted by Gasteiger charge is 2.29. The van der Waals surface area contributed by atoms with Crippen LogP contribution in [-0.4, -0.2) is 68.2 Å². The van der Waals surface area contributed by atoms with Gasteiger partial charge in [-0.15, -0.1) is 0 Å². The average molecular weight is 269 g/mol. The monoisotopic (exact) mass is 269 g/mol. The number of rotatable bonds is 4. The van der Waals surface area contributed by atoms with E-state index >= 15 is 0 Å². The molecule has 5 heteroatoms. The van der Waals surface area contributed by atoms with E-state index in [2.05, 4.69) is 4.90 Å². The van der Waals surface area contributed by atoms with Gasteiger partial charge < -0.3 is 15.4 Å². The summed E-state index contributed by atoms with van der Waals surface area (Å²) >= 11 is 0. The number of ether oxygens (including phenoxy) is 1. The fourth-order valence-electron chi connectivity index (χ4n) is 3.04. The summed E-state index contributed by atoms with van der Waals surface area (Å²) in [6.45, 7) is 5.42. The number of amides is 1. The lowest BCUT2D eigenvalue weighted by atomic mass is 9.85. The van der Waals surface area contributed by atoms with E-state index in [9.17, 15) is 4.79 Å². The highest BCUT2D eigenvalue weighted by molar-refractivity contribution is 5.79. The first-order valence-electron chi connectivity index (χ1n) is 7.46. The molecule has 1 saturated heterocycles. The van der Waals surface area contributed by atoms with E-state index in [1.54, 1.807) is 7.11 Å². The minimum atomic E-state index is 0.227. The van der Waals surface area contributed by atoms with Crippen LogP contribution in [0.3, 0.4) is 0 Å². The summed E-state index contributed by atoms with van der Waals surface area (Å²) in [6, 6.07) is 0.315. The van der Waals surface area contributed by atoms with E-state index in [1.807, 2.05) is 4.90 Å². The molecule has 0 spiro atoms. The minimum Gasteiger partial charge on any atom is -0.383 e. The van der Waals surface area contributed by atoms with Crippen molar-refractivity contribution < 1.29 is 9.53 Å². The van der Waals surface area contributed by atoms with E-state index in [0.29, 0.717) is 11.9 Å². The number of carbonyl (C=O) groups is 1. The van der Waals surface area contributed by atoms with Crippen molar-refractivity contribution in [2.24, 2.45) is 11.7 Å². The Morgan fingerprint density at radius 1 is 1.16 bits per heavy atom. The second-order valence-corrected chi connectivity index (χ2v) is 5.77. The van der Waals surface area contributed by atoms with Crippen molar-refractivity contribution in [3.05, 3.63) is 0 Å². The van der Waals surface area contributed by atoms with Crippen molar-refractivity contribution in [1.82, 2.24) is 9.80 Å². The largest absolute Gasteiger partial charge is 0.383 e. The standard InChI is InChI=1S/C14H27N3O2/c1-19-11-10-16-6-8-17(9-7-16)14(18)12-2-4-13(15)5-3-12/h12-13H,2-11,15H2,1H3. The smallest absolute Gasteiger partial charge is 0.225 e. The van der Waals surface area contributed by atoms with Gasteiger partial charge in [-0.05, 0) is 25.7 Å². The van der Waals surface area contributed by atoms with Gasteiger partial charge >= 0.3 is 0 Å². The summed E-state index contributed by atoms with van der Waals surface area (Å²) in [5.74, 6) is 0.587. The first kappa shape index (κ1) is 14.8. The lowest BCUT2D eigenvalue weighted by Gasteiger charge is -2.37. The molecule has 0 aromatic heterocycles. The molecule has 2 aliphatic rings. The van der Waals surface area contributed by atoms with Crippen LogP contribution in [0.15, 0.2) is 0 Å². The molecule has 0 aromatic rings. The Balaban J connectivity index is 1.73. The molecule has 2 fully saturated rings. The topological polar surface area (TPSA) is 58.8 Å². The van der Waals surface area contributed by atoms with Crippen LogP contribution in [0.1, 0.15) is 25.7 Å². The number of hydrogen-bond acceptors (Lipinski definition) is 4. The zero-order valence-electron chi connectivity index (χ0n) is 12.0. The van der Waals surface area contributed by atoms with Crippen LogP contribution in [0.5, 0.6) is 0 Å². The normalized spacial score (nSPS) is 29.5. The van der Waals surface area contributed by atoms with Crippen molar-refractivity contribution >= 4 is 5.91 Å². The van der Waals surface area contributed by atoms with E-state index in [1.165, 1.54) is 0 Å². The molecular formula is C14H27N3O2. The van der Waals surface area contributed by atoms with Gasteiger partial charge in [-0.25, -0.2) is 0 Å². The van der Waals surface area contributed by atoms with Crippen LogP contribution in [0, 0.1) is 5.92 Å². The molecular weight excluding hydrogens is 242 g/mol. The minimum absolute atomic E-state index is 0.227. The molecule has 110 valence electrons. The Morgan fingerprint density at radius 2 is 1.79 bits per heavy atom. The molecule has 19 heavy (non-hydrogen) atoms. The summed E-state index contributed by atoms with van der Waals surface area (Å²) in [5, 5.41) is 0. The summed E-state index contributed by atoms with van der Waals surface area (Å²) < 4.78 is 5.09. The second kappa shape index (κ2) is 7.22. The molecule has 1 aliphatic heterocycles. The maximum atomic E-state index is 12.4. The number of nitrogens with zero attached hydrogens (tertiary/aromatic N) is 2. The lowest BCUT2D eigenvalue weighted by Crippen LogP contribution is -2.51. The predicted molar refractivity (Wildman–Crippen MR) is 74.8 cm³/mol. The van der Waals surface area contributed by atoms with Gasteiger partial charge in [0, 0.05) is 51.8 Å². The third-order valence-corrected chi connectivity index (χ3v) is 4.42. The molecule has 1 amide bonds. The van der Waals surface area contributed by atoms with Crippen LogP contribution in [0.4, 0.5) is 0 Å². The van der Waals surface area contributed by atoms with Crippen LogP contribution < -0.4 is 5.73 Å². The molecule has 0 unspecified atom stereocenters. The third-order valence-electron chi connectivity index (χ3n) is 4.42. The molecule has 0 aromatic carbocycles. The highest BCUT2D eigenvalue weighted by atomic mass is 16.5. The number of carbonyl (C=O) groups excluding carboxylic acids is 1. The Labute approximate surface area is 116 Å². The Morgan fingerprint density at radius 3 is 2.37 bits per heavy atom. The number of nitrogens with two attached hydrogens (primary N) is 1. The van der Waals surface area contributed by atoms with Gasteiger partial charge in [-0.2, -0.15) is 0 Å². The van der Waals surface area contributed by atoms with E-state index in [-0.39, 0.29) is 5.92 Å². The highest BCUT2D eigenvalue weighted by Crippen LogP contribution is 2.25. The van der Waals surface area contributed by atoms with Gasteiger partial charge in [0.2, 0.25) is 5.91 Å². The predicted octanol–water partition coefficient (Wildman–Crippen LogP) is 0.295. The molecule has 0 atom stereocenters. The molecule has 2 N–H and O–H groups in total. The number of methoxy groups -OCH3 is 1. The summed E-state index contributed by atoms with van der Waals surface area (Å²) in [5.41, 5.74) is 5.90. The fraction of sp³-hybridized carbons (Fsp3) is 0.929. The van der Waals surface area contributed by atoms with Crippen molar-refractivity contribution in [3.8, 4) is 0 Å². The molecule has 0 bridgehead atoms. The summed E-state index contributed by atoms with van der Waals surface area (Å²) in [7, 11) is 1.73. The van der Waals surface area contributed by atoms with Crippen molar-refractivity contribution in [3.63, 3.8) is 0 Å². The SMILES string of the molecule is COCCN1CCN(C(=O)C2CCC(N)CC2)CC1. The summed E-state index contributed by atoms with van der Waals surface area (Å²) in [4.78, 5) is 16.8. The van der Waals surface area contributed by atoms with Crippen LogP contribution in [-0.2, 0) is 9.53 Å². The van der Waals surface area contributed by atoms with Crippen LogP contribution >= 0.6 is 0 Å². The molecule has 2 rings (SSSR count). The Kier molecular flexibility index (Phi) is 5.60. The zero-order chi connectivity index (χ0) is 13.7.